The Balaban J connectivity index is 1.54. The molecule has 30 heavy (non-hydrogen) atoms. The maximum atomic E-state index is 13.3. The van der Waals surface area contributed by atoms with Gasteiger partial charge in [-0.3, -0.25) is 0 Å². The summed E-state index contributed by atoms with van der Waals surface area (Å²) < 4.78 is 69.1. The van der Waals surface area contributed by atoms with Crippen LogP contribution < -0.4 is 15.0 Å². The summed E-state index contributed by atoms with van der Waals surface area (Å²) >= 11 is 0. The predicted molar refractivity (Wildman–Crippen MR) is 97.4 cm³/mol. The van der Waals surface area contributed by atoms with Gasteiger partial charge in [0.25, 0.3) is 6.43 Å². The Morgan fingerprint density at radius 1 is 1.27 bits per heavy atom. The molecule has 3 rings (SSSR count). The molecule has 2 aromatic rings. The van der Waals surface area contributed by atoms with Gasteiger partial charge in [0, 0.05) is 25.0 Å². The number of aromatic nitrogens is 2. The van der Waals surface area contributed by atoms with Gasteiger partial charge in [-0.1, -0.05) is 0 Å². The summed E-state index contributed by atoms with van der Waals surface area (Å²) in [6.07, 6.45) is -1.19. The second kappa shape index (κ2) is 9.46. The van der Waals surface area contributed by atoms with E-state index in [1.165, 1.54) is 24.7 Å². The standard InChI is InChI=1S/C18H17F5N6O/c19-15-2-1-11(3-14(15)17(22)23)25-4-12(28-24)9-30-18-26-5-13(6-27-18)29-7-10(8-29)16(20)21/h1-6,10,16-17,24-25H,7-9H2/b12-4-,28-24?. The maximum Gasteiger partial charge on any atom is 0.316 e. The Bertz CT molecular complexity index is 902. The lowest BCUT2D eigenvalue weighted by molar-refractivity contribution is 0.0613. The smallest absolute Gasteiger partial charge is 0.316 e. The van der Waals surface area contributed by atoms with Crippen molar-refractivity contribution in [2.24, 2.45) is 11.0 Å². The van der Waals surface area contributed by atoms with E-state index in [1.54, 1.807) is 4.90 Å². The molecule has 1 aromatic heterocycles. The Hall–Kier alpha value is -3.31. The molecule has 2 N–H and O–H groups in total. The van der Waals surface area contributed by atoms with Crippen molar-refractivity contribution in [3.8, 4) is 6.01 Å². The van der Waals surface area contributed by atoms with Crippen LogP contribution in [0.1, 0.15) is 12.0 Å². The number of ether oxygens (including phenoxy) is 1. The zero-order chi connectivity index (χ0) is 21.7. The summed E-state index contributed by atoms with van der Waals surface area (Å²) in [6, 6.07) is 3.11. The van der Waals surface area contributed by atoms with Crippen LogP contribution in [-0.4, -0.2) is 36.1 Å². The summed E-state index contributed by atoms with van der Waals surface area (Å²) in [6.45, 7) is 0.262. The van der Waals surface area contributed by atoms with Gasteiger partial charge in [-0.2, -0.15) is 5.11 Å². The van der Waals surface area contributed by atoms with Gasteiger partial charge in [-0.25, -0.2) is 37.5 Å². The van der Waals surface area contributed by atoms with Gasteiger partial charge in [0.1, 0.15) is 18.1 Å². The van der Waals surface area contributed by atoms with Gasteiger partial charge in [0.15, 0.2) is 0 Å². The Morgan fingerprint density at radius 2 is 1.97 bits per heavy atom. The number of benzene rings is 1. The van der Waals surface area contributed by atoms with Gasteiger partial charge in [0.05, 0.1) is 29.6 Å². The highest BCUT2D eigenvalue weighted by atomic mass is 19.3. The number of anilines is 2. The second-order valence-electron chi connectivity index (χ2n) is 6.44. The Labute approximate surface area is 168 Å². The molecule has 0 spiro atoms. The van der Waals surface area contributed by atoms with Crippen molar-refractivity contribution in [2.75, 3.05) is 29.9 Å². The van der Waals surface area contributed by atoms with Crippen molar-refractivity contribution < 1.29 is 26.7 Å². The van der Waals surface area contributed by atoms with E-state index in [4.69, 9.17) is 10.3 Å². The zero-order valence-electron chi connectivity index (χ0n) is 15.4. The topological polar surface area (TPSA) is 86.5 Å². The number of nitrogens with zero attached hydrogens (tertiary/aromatic N) is 4. The molecule has 2 heterocycles. The fourth-order valence-electron chi connectivity index (χ4n) is 2.64. The third kappa shape index (κ3) is 5.19. The highest BCUT2D eigenvalue weighted by Crippen LogP contribution is 2.28. The summed E-state index contributed by atoms with van der Waals surface area (Å²) in [4.78, 5) is 9.67. The first-order valence-corrected chi connectivity index (χ1v) is 8.76. The first-order chi connectivity index (χ1) is 14.4. The van der Waals surface area contributed by atoms with Crippen LogP contribution in [0.5, 0.6) is 6.01 Å². The maximum absolute atomic E-state index is 13.3. The minimum absolute atomic E-state index is 0.0130. The molecule has 1 saturated heterocycles. The highest BCUT2D eigenvalue weighted by Gasteiger charge is 2.34. The lowest BCUT2D eigenvalue weighted by Gasteiger charge is -2.39. The average Bonchev–Trinajstić information content (AvgIpc) is 2.68. The van der Waals surface area contributed by atoms with E-state index < -0.39 is 30.1 Å². The van der Waals surface area contributed by atoms with Crippen LogP contribution in [0.2, 0.25) is 0 Å². The van der Waals surface area contributed by atoms with Crippen LogP contribution in [-0.2, 0) is 0 Å². The lowest BCUT2D eigenvalue weighted by Crippen LogP contribution is -2.50. The SMILES string of the molecule is N=N/C(=C\Nc1ccc(F)c(C(F)F)c1)COc1ncc(N2CC(C(F)F)C2)cn1. The van der Waals surface area contributed by atoms with Crippen molar-refractivity contribution in [2.45, 2.75) is 12.9 Å². The molecule has 7 nitrogen and oxygen atoms in total. The van der Waals surface area contributed by atoms with Crippen molar-refractivity contribution in [3.05, 3.63) is 53.9 Å². The molecule has 160 valence electrons. The summed E-state index contributed by atoms with van der Waals surface area (Å²) in [7, 11) is 0. The largest absolute Gasteiger partial charge is 0.457 e. The van der Waals surface area contributed by atoms with Crippen LogP contribution in [0.4, 0.5) is 33.3 Å². The first-order valence-electron chi connectivity index (χ1n) is 8.76. The molecule has 1 fully saturated rings. The summed E-state index contributed by atoms with van der Waals surface area (Å²) in [5, 5.41) is 5.90. The molecule has 0 bridgehead atoms. The molecule has 12 heteroatoms. The van der Waals surface area contributed by atoms with Crippen LogP contribution in [0.25, 0.3) is 0 Å². The second-order valence-corrected chi connectivity index (χ2v) is 6.44. The van der Waals surface area contributed by atoms with Crippen LogP contribution in [0, 0.1) is 17.3 Å². The van der Waals surface area contributed by atoms with Crippen LogP contribution in [0.15, 0.2) is 47.6 Å². The quantitative estimate of drug-likeness (QED) is 0.450. The molecule has 0 amide bonds. The first kappa shape index (κ1) is 21.4. The van der Waals surface area contributed by atoms with Gasteiger partial charge in [0.2, 0.25) is 6.43 Å². The van der Waals surface area contributed by atoms with Gasteiger partial charge < -0.3 is 15.0 Å². The molecule has 0 saturated carbocycles. The fourth-order valence-corrected chi connectivity index (χ4v) is 2.64. The summed E-state index contributed by atoms with van der Waals surface area (Å²) in [5.74, 6) is -1.67. The molecule has 0 atom stereocenters. The number of hydrogen-bond acceptors (Lipinski definition) is 7. The van der Waals surface area contributed by atoms with Crippen molar-refractivity contribution in [1.29, 1.82) is 5.53 Å². The highest BCUT2D eigenvalue weighted by molar-refractivity contribution is 5.49. The van der Waals surface area contributed by atoms with E-state index >= 15 is 0 Å². The number of hydrogen-bond donors (Lipinski definition) is 2. The van der Waals surface area contributed by atoms with Crippen molar-refractivity contribution >= 4 is 11.4 Å². The zero-order valence-corrected chi connectivity index (χ0v) is 15.4. The minimum Gasteiger partial charge on any atom is -0.457 e. The molecule has 0 aliphatic carbocycles. The van der Waals surface area contributed by atoms with Crippen molar-refractivity contribution in [1.82, 2.24) is 9.97 Å². The average molecular weight is 428 g/mol. The minimum atomic E-state index is -2.96. The number of alkyl halides is 4. The monoisotopic (exact) mass is 428 g/mol. The summed E-state index contributed by atoms with van der Waals surface area (Å²) in [5.41, 5.74) is 7.28. The van der Waals surface area contributed by atoms with Gasteiger partial charge in [-0.05, 0) is 18.2 Å². The molecule has 1 aliphatic heterocycles. The van der Waals surface area contributed by atoms with E-state index in [2.05, 4.69) is 20.4 Å². The van der Waals surface area contributed by atoms with E-state index in [0.29, 0.717) is 5.69 Å². The lowest BCUT2D eigenvalue weighted by atomic mass is 10.0. The Morgan fingerprint density at radius 3 is 2.57 bits per heavy atom. The fraction of sp³-hybridized carbons (Fsp3) is 0.333. The Kier molecular flexibility index (Phi) is 6.75. The predicted octanol–water partition coefficient (Wildman–Crippen LogP) is 4.62. The number of halogens is 5. The van der Waals surface area contributed by atoms with Crippen LogP contribution in [0.3, 0.4) is 0 Å². The molecular weight excluding hydrogens is 411 g/mol. The third-order valence-corrected chi connectivity index (χ3v) is 4.38. The van der Waals surface area contributed by atoms with E-state index in [1.807, 2.05) is 0 Å². The normalized spacial score (nSPS) is 14.8. The van der Waals surface area contributed by atoms with Gasteiger partial charge in [-0.15, -0.1) is 0 Å². The van der Waals surface area contributed by atoms with Gasteiger partial charge >= 0.3 is 6.01 Å². The number of rotatable bonds is 9. The molecular formula is C18H17F5N6O. The van der Waals surface area contributed by atoms with Crippen molar-refractivity contribution in [3.63, 3.8) is 0 Å². The molecule has 0 radical (unpaired) electrons. The van der Waals surface area contributed by atoms with E-state index in [-0.39, 0.29) is 37.1 Å². The third-order valence-electron chi connectivity index (χ3n) is 4.38. The van der Waals surface area contributed by atoms with E-state index in [0.717, 1.165) is 12.1 Å². The molecule has 0 unspecified atom stereocenters. The molecule has 1 aliphatic rings. The molecule has 1 aromatic carbocycles. The van der Waals surface area contributed by atoms with E-state index in [9.17, 15) is 22.0 Å². The number of nitrogens with one attached hydrogen (secondary N) is 2. The van der Waals surface area contributed by atoms with Crippen LogP contribution >= 0.6 is 0 Å².